The summed E-state index contributed by atoms with van der Waals surface area (Å²) in [4.78, 5) is 4.05. The quantitative estimate of drug-likeness (QED) is 0.422. The first-order valence-corrected chi connectivity index (χ1v) is 8.34. The van der Waals surface area contributed by atoms with Gasteiger partial charge in [0.25, 0.3) is 0 Å². The number of benzene rings is 2. The van der Waals surface area contributed by atoms with Crippen LogP contribution in [0.4, 0.5) is 0 Å². The number of hydrogen-bond acceptors (Lipinski definition) is 3. The molecule has 0 aliphatic carbocycles. The summed E-state index contributed by atoms with van der Waals surface area (Å²) in [5, 5.41) is 7.98. The van der Waals surface area contributed by atoms with Crippen LogP contribution in [0.3, 0.4) is 0 Å². The molecule has 2 aromatic carbocycles. The Bertz CT molecular complexity index is 839. The third-order valence-electron chi connectivity index (χ3n) is 3.71. The maximum absolute atomic E-state index is 5.26. The predicted molar refractivity (Wildman–Crippen MR) is 105 cm³/mol. The lowest BCUT2D eigenvalue weighted by molar-refractivity contribution is 0.866. The monoisotopic (exact) mass is 349 g/mol. The van der Waals surface area contributed by atoms with Gasteiger partial charge in [0.05, 0.1) is 12.0 Å². The predicted octanol–water partition coefficient (Wildman–Crippen LogP) is 3.26. The van der Waals surface area contributed by atoms with Crippen LogP contribution in [0.15, 0.2) is 78.4 Å². The summed E-state index contributed by atoms with van der Waals surface area (Å²) in [5.74, 6) is 0. The molecule has 0 spiro atoms. The fourth-order valence-corrected chi connectivity index (χ4v) is 2.42. The van der Waals surface area contributed by atoms with Gasteiger partial charge in [-0.1, -0.05) is 42.5 Å². The average Bonchev–Trinajstić information content (AvgIpc) is 3.20. The summed E-state index contributed by atoms with van der Waals surface area (Å²) >= 11 is 5.26. The maximum Gasteiger partial charge on any atom is 0.187 e. The molecule has 3 aromatic rings. The maximum atomic E-state index is 5.26. The molecule has 25 heavy (non-hydrogen) atoms. The van der Waals surface area contributed by atoms with E-state index in [4.69, 9.17) is 12.2 Å². The van der Waals surface area contributed by atoms with Crippen molar-refractivity contribution in [2.75, 3.05) is 0 Å². The van der Waals surface area contributed by atoms with Gasteiger partial charge in [-0.2, -0.15) is 5.10 Å². The SMILES string of the molecule is CC(=NNC(=S)NCc1ccccc1)c1ccc(-n2ccnc2)cc1. The van der Waals surface area contributed by atoms with Crippen LogP contribution in [0.25, 0.3) is 5.69 Å². The molecule has 6 heteroatoms. The Morgan fingerprint density at radius 2 is 1.88 bits per heavy atom. The van der Waals surface area contributed by atoms with E-state index in [-0.39, 0.29) is 0 Å². The molecule has 0 saturated carbocycles. The van der Waals surface area contributed by atoms with Crippen molar-refractivity contribution in [2.24, 2.45) is 5.10 Å². The van der Waals surface area contributed by atoms with Gasteiger partial charge in [0, 0.05) is 24.6 Å². The second-order valence-corrected chi connectivity index (χ2v) is 5.90. The van der Waals surface area contributed by atoms with Gasteiger partial charge in [0.15, 0.2) is 5.11 Å². The highest BCUT2D eigenvalue weighted by Crippen LogP contribution is 2.10. The smallest absolute Gasteiger partial charge is 0.187 e. The lowest BCUT2D eigenvalue weighted by Gasteiger charge is -2.08. The first-order valence-electron chi connectivity index (χ1n) is 7.93. The number of imidazole rings is 1. The molecule has 1 aromatic heterocycles. The second kappa shape index (κ2) is 8.21. The van der Waals surface area contributed by atoms with Crippen LogP contribution >= 0.6 is 12.2 Å². The molecule has 0 atom stereocenters. The number of rotatable bonds is 5. The van der Waals surface area contributed by atoms with E-state index in [1.165, 1.54) is 5.56 Å². The van der Waals surface area contributed by atoms with Gasteiger partial charge in [-0.05, 0) is 42.4 Å². The van der Waals surface area contributed by atoms with Crippen molar-refractivity contribution in [2.45, 2.75) is 13.5 Å². The van der Waals surface area contributed by atoms with E-state index in [0.717, 1.165) is 17.0 Å². The molecule has 2 N–H and O–H groups in total. The molecule has 0 unspecified atom stereocenters. The Morgan fingerprint density at radius 1 is 1.12 bits per heavy atom. The Morgan fingerprint density at radius 3 is 2.56 bits per heavy atom. The molecule has 0 fully saturated rings. The molecule has 0 bridgehead atoms. The van der Waals surface area contributed by atoms with Gasteiger partial charge >= 0.3 is 0 Å². The summed E-state index contributed by atoms with van der Waals surface area (Å²) < 4.78 is 1.96. The van der Waals surface area contributed by atoms with E-state index in [1.54, 1.807) is 12.5 Å². The Labute approximate surface area is 152 Å². The van der Waals surface area contributed by atoms with Crippen molar-refractivity contribution in [3.63, 3.8) is 0 Å². The van der Waals surface area contributed by atoms with Gasteiger partial charge in [-0.25, -0.2) is 4.98 Å². The fourth-order valence-electron chi connectivity index (χ4n) is 2.30. The minimum absolute atomic E-state index is 0.498. The van der Waals surface area contributed by atoms with Gasteiger partial charge < -0.3 is 9.88 Å². The normalized spacial score (nSPS) is 11.2. The first-order chi connectivity index (χ1) is 12.2. The van der Waals surface area contributed by atoms with Crippen molar-refractivity contribution < 1.29 is 0 Å². The highest BCUT2D eigenvalue weighted by molar-refractivity contribution is 7.80. The second-order valence-electron chi connectivity index (χ2n) is 5.49. The molecule has 126 valence electrons. The third-order valence-corrected chi connectivity index (χ3v) is 3.94. The molecule has 3 rings (SSSR count). The van der Waals surface area contributed by atoms with E-state index >= 15 is 0 Å². The number of nitrogens with zero attached hydrogens (tertiary/aromatic N) is 3. The zero-order valence-corrected chi connectivity index (χ0v) is 14.7. The summed E-state index contributed by atoms with van der Waals surface area (Å²) in [6.07, 6.45) is 5.44. The average molecular weight is 349 g/mol. The molecule has 0 amide bonds. The van der Waals surface area contributed by atoms with Crippen molar-refractivity contribution in [3.8, 4) is 5.69 Å². The highest BCUT2D eigenvalue weighted by atomic mass is 32.1. The van der Waals surface area contributed by atoms with Crippen molar-refractivity contribution >= 4 is 23.0 Å². The lowest BCUT2D eigenvalue weighted by Crippen LogP contribution is -2.32. The Hall–Kier alpha value is -2.99. The molecule has 0 saturated heterocycles. The van der Waals surface area contributed by atoms with E-state index in [0.29, 0.717) is 11.7 Å². The van der Waals surface area contributed by atoms with Gasteiger partial charge in [0.2, 0.25) is 0 Å². The van der Waals surface area contributed by atoms with Crippen LogP contribution in [0.2, 0.25) is 0 Å². The minimum atomic E-state index is 0.498. The van der Waals surface area contributed by atoms with Gasteiger partial charge in [-0.15, -0.1) is 0 Å². The summed E-state index contributed by atoms with van der Waals surface area (Å²) in [5.41, 5.74) is 7.00. The molecule has 5 nitrogen and oxygen atoms in total. The number of thiocarbonyl (C=S) groups is 1. The van der Waals surface area contributed by atoms with Crippen molar-refractivity contribution in [3.05, 3.63) is 84.4 Å². The van der Waals surface area contributed by atoms with Crippen LogP contribution in [-0.2, 0) is 6.54 Å². The number of hydrazone groups is 1. The molecular weight excluding hydrogens is 330 g/mol. The van der Waals surface area contributed by atoms with E-state index in [1.807, 2.05) is 72.3 Å². The minimum Gasteiger partial charge on any atom is -0.357 e. The topological polar surface area (TPSA) is 54.2 Å². The highest BCUT2D eigenvalue weighted by Gasteiger charge is 2.01. The van der Waals surface area contributed by atoms with Crippen LogP contribution in [0.5, 0.6) is 0 Å². The Kier molecular flexibility index (Phi) is 5.53. The van der Waals surface area contributed by atoms with E-state index in [9.17, 15) is 0 Å². The largest absolute Gasteiger partial charge is 0.357 e. The van der Waals surface area contributed by atoms with Crippen LogP contribution in [0.1, 0.15) is 18.1 Å². The number of hydrogen-bond donors (Lipinski definition) is 2. The summed E-state index contributed by atoms with van der Waals surface area (Å²) in [6, 6.07) is 18.2. The molecule has 1 heterocycles. The first kappa shape index (κ1) is 16.9. The number of nitrogens with one attached hydrogen (secondary N) is 2. The van der Waals surface area contributed by atoms with Crippen LogP contribution in [0, 0.1) is 0 Å². The van der Waals surface area contributed by atoms with Gasteiger partial charge in [-0.3, -0.25) is 5.43 Å². The fraction of sp³-hybridized carbons (Fsp3) is 0.105. The molecule has 0 aliphatic rings. The van der Waals surface area contributed by atoms with Gasteiger partial charge in [0.1, 0.15) is 0 Å². The van der Waals surface area contributed by atoms with E-state index in [2.05, 4.69) is 20.8 Å². The van der Waals surface area contributed by atoms with Crippen molar-refractivity contribution in [1.29, 1.82) is 0 Å². The van der Waals surface area contributed by atoms with Crippen LogP contribution in [-0.4, -0.2) is 20.4 Å². The number of aromatic nitrogens is 2. The Balaban J connectivity index is 1.55. The van der Waals surface area contributed by atoms with Crippen molar-refractivity contribution in [1.82, 2.24) is 20.3 Å². The van der Waals surface area contributed by atoms with Crippen LogP contribution < -0.4 is 10.7 Å². The summed E-state index contributed by atoms with van der Waals surface area (Å²) in [6.45, 7) is 2.61. The van der Waals surface area contributed by atoms with E-state index < -0.39 is 0 Å². The molecule has 0 aliphatic heterocycles. The molecule has 0 radical (unpaired) electrons. The standard InChI is InChI=1S/C19H19N5S/c1-15(17-7-9-18(10-8-17)24-12-11-20-14-24)22-23-19(25)21-13-16-5-3-2-4-6-16/h2-12,14H,13H2,1H3,(H2,21,23,25). The zero-order chi connectivity index (χ0) is 17.5. The molecular formula is C19H19N5S. The zero-order valence-electron chi connectivity index (χ0n) is 13.9. The summed E-state index contributed by atoms with van der Waals surface area (Å²) in [7, 11) is 0. The lowest BCUT2D eigenvalue weighted by atomic mass is 10.1. The third kappa shape index (κ3) is 4.74.